The molecule has 1 heterocycles. The Morgan fingerprint density at radius 2 is 2.17 bits per heavy atom. The Morgan fingerprint density at radius 3 is 2.83 bits per heavy atom. The summed E-state index contributed by atoms with van der Waals surface area (Å²) in [4.78, 5) is 6.39. The number of para-hydroxylation sites is 1. The number of phenols is 1. The van der Waals surface area contributed by atoms with Crippen molar-refractivity contribution in [1.82, 2.24) is 0 Å². The monoisotopic (exact) mass is 386 g/mol. The number of nitrogens with zero attached hydrogens (tertiary/aromatic N) is 3. The third kappa shape index (κ3) is 3.07. The van der Waals surface area contributed by atoms with Gasteiger partial charge in [-0.05, 0) is 46.3 Å². The zero-order valence-corrected chi connectivity index (χ0v) is 14.5. The number of nitriles is 1. The lowest BCUT2D eigenvalue weighted by Crippen LogP contribution is -2.41. The van der Waals surface area contributed by atoms with Crippen LogP contribution in [0.4, 0.5) is 11.4 Å². The first-order chi connectivity index (χ1) is 11.6. The maximum absolute atomic E-state index is 10.1. The molecule has 7 heteroatoms. The molecule has 0 aromatic heterocycles. The molecule has 1 atom stereocenters. The van der Waals surface area contributed by atoms with Crippen molar-refractivity contribution in [2.75, 3.05) is 23.9 Å². The largest absolute Gasteiger partial charge is 0.506 e. The highest BCUT2D eigenvalue weighted by molar-refractivity contribution is 9.10. The average molecular weight is 387 g/mol. The first-order valence-corrected chi connectivity index (χ1v) is 8.04. The molecular formula is C17H15BrN4O2. The van der Waals surface area contributed by atoms with Crippen molar-refractivity contribution in [3.05, 3.63) is 52.5 Å². The van der Waals surface area contributed by atoms with Gasteiger partial charge in [-0.3, -0.25) is 4.90 Å². The fourth-order valence-electron chi connectivity index (χ4n) is 2.48. The molecule has 0 amide bonds. The highest BCUT2D eigenvalue weighted by Crippen LogP contribution is 2.32. The molecule has 1 unspecified atom stereocenters. The molecule has 0 bridgehead atoms. The second-order valence-electron chi connectivity index (χ2n) is 5.14. The van der Waals surface area contributed by atoms with E-state index in [4.69, 9.17) is 10.00 Å². The zero-order valence-electron chi connectivity index (χ0n) is 12.9. The Hall–Kier alpha value is -2.56. The lowest BCUT2D eigenvalue weighted by atomic mass is 10.2. The molecular weight excluding hydrogens is 372 g/mol. The second-order valence-corrected chi connectivity index (χ2v) is 6.00. The third-order valence-electron chi connectivity index (χ3n) is 3.67. The van der Waals surface area contributed by atoms with E-state index in [1.807, 2.05) is 35.2 Å². The van der Waals surface area contributed by atoms with Gasteiger partial charge in [0.15, 0.2) is 6.23 Å². The summed E-state index contributed by atoms with van der Waals surface area (Å²) in [6.45, 7) is 0.469. The normalized spacial score (nSPS) is 16.6. The maximum atomic E-state index is 10.1. The van der Waals surface area contributed by atoms with Crippen LogP contribution in [-0.4, -0.2) is 30.9 Å². The molecule has 24 heavy (non-hydrogen) atoms. The molecule has 2 N–H and O–H groups in total. The second kappa shape index (κ2) is 6.91. The highest BCUT2D eigenvalue weighted by Gasteiger charge is 2.30. The molecule has 1 aliphatic heterocycles. The molecule has 2 aromatic carbocycles. The number of ether oxygens (including phenoxy) is 1. The van der Waals surface area contributed by atoms with Crippen LogP contribution in [-0.2, 0) is 4.74 Å². The number of guanidine groups is 1. The quantitative estimate of drug-likeness (QED) is 0.791. The van der Waals surface area contributed by atoms with Gasteiger partial charge in [0.25, 0.3) is 0 Å². The summed E-state index contributed by atoms with van der Waals surface area (Å²) in [6, 6.07) is 14.4. The highest BCUT2D eigenvalue weighted by atomic mass is 79.9. The SMILES string of the molecule is COC1CN=C(Nc2ccc(C#N)cc2O)N1c1ccccc1Br. The Kier molecular flexibility index (Phi) is 4.69. The van der Waals surface area contributed by atoms with E-state index >= 15 is 0 Å². The van der Waals surface area contributed by atoms with Crippen molar-refractivity contribution < 1.29 is 9.84 Å². The summed E-state index contributed by atoms with van der Waals surface area (Å²) in [5.74, 6) is 0.554. The Bertz CT molecular complexity index is 832. The standard InChI is InChI=1S/C17H15BrN4O2/c1-24-16-10-20-17(22(16)14-5-3-2-4-12(14)18)21-13-7-6-11(9-19)8-15(13)23/h2-8,16,23H,10H2,1H3,(H,20,21). The molecule has 3 rings (SSSR count). The van der Waals surface area contributed by atoms with Crippen molar-refractivity contribution in [2.45, 2.75) is 6.23 Å². The minimum atomic E-state index is -0.244. The van der Waals surface area contributed by atoms with Gasteiger partial charge in [-0.15, -0.1) is 0 Å². The van der Waals surface area contributed by atoms with E-state index in [1.54, 1.807) is 19.2 Å². The molecule has 0 spiro atoms. The molecule has 2 aromatic rings. The summed E-state index contributed by atoms with van der Waals surface area (Å²) < 4.78 is 6.42. The Labute approximate surface area is 148 Å². The minimum Gasteiger partial charge on any atom is -0.506 e. The smallest absolute Gasteiger partial charge is 0.205 e. The molecule has 0 aliphatic carbocycles. The summed E-state index contributed by atoms with van der Waals surface area (Å²) in [7, 11) is 1.63. The van der Waals surface area contributed by atoms with E-state index < -0.39 is 0 Å². The number of hydrogen-bond donors (Lipinski definition) is 2. The fraction of sp³-hybridized carbons (Fsp3) is 0.176. The Morgan fingerprint density at radius 1 is 1.38 bits per heavy atom. The number of hydrogen-bond acceptors (Lipinski definition) is 6. The van der Waals surface area contributed by atoms with E-state index in [2.05, 4.69) is 26.2 Å². The van der Waals surface area contributed by atoms with Crippen LogP contribution in [0.1, 0.15) is 5.56 Å². The van der Waals surface area contributed by atoms with E-state index in [0.717, 1.165) is 10.2 Å². The van der Waals surface area contributed by atoms with Crippen molar-refractivity contribution in [1.29, 1.82) is 5.26 Å². The lowest BCUT2D eigenvalue weighted by molar-refractivity contribution is 0.123. The van der Waals surface area contributed by atoms with Gasteiger partial charge in [0.1, 0.15) is 5.75 Å². The number of aromatic hydroxyl groups is 1. The minimum absolute atomic E-state index is 0.00954. The van der Waals surface area contributed by atoms with Gasteiger partial charge in [-0.25, -0.2) is 4.99 Å². The van der Waals surface area contributed by atoms with E-state index in [-0.39, 0.29) is 12.0 Å². The number of anilines is 2. The van der Waals surface area contributed by atoms with Crippen LogP contribution in [0.3, 0.4) is 0 Å². The topological polar surface area (TPSA) is 80.9 Å². The molecule has 122 valence electrons. The number of halogens is 1. The van der Waals surface area contributed by atoms with Crippen LogP contribution in [0, 0.1) is 11.3 Å². The predicted octanol–water partition coefficient (Wildman–Crippen LogP) is 3.29. The first kappa shape index (κ1) is 16.3. The number of methoxy groups -OCH3 is 1. The van der Waals surface area contributed by atoms with Gasteiger partial charge in [-0.1, -0.05) is 12.1 Å². The first-order valence-electron chi connectivity index (χ1n) is 7.25. The zero-order chi connectivity index (χ0) is 17.1. The van der Waals surface area contributed by atoms with Crippen LogP contribution in [0.25, 0.3) is 0 Å². The lowest BCUT2D eigenvalue weighted by Gasteiger charge is -2.28. The molecule has 0 saturated carbocycles. The molecule has 0 fully saturated rings. The Balaban J connectivity index is 1.92. The van der Waals surface area contributed by atoms with Gasteiger partial charge in [0.2, 0.25) is 5.96 Å². The van der Waals surface area contributed by atoms with Gasteiger partial charge < -0.3 is 15.2 Å². The average Bonchev–Trinajstić information content (AvgIpc) is 2.99. The maximum Gasteiger partial charge on any atom is 0.205 e. The van der Waals surface area contributed by atoms with Crippen molar-refractivity contribution >= 4 is 33.3 Å². The molecule has 1 aliphatic rings. The number of nitrogens with one attached hydrogen (secondary N) is 1. The summed E-state index contributed by atoms with van der Waals surface area (Å²) in [5.41, 5.74) is 1.77. The number of aliphatic imine (C=N–C) groups is 1. The van der Waals surface area contributed by atoms with Crippen LogP contribution >= 0.6 is 15.9 Å². The summed E-state index contributed by atoms with van der Waals surface area (Å²) in [5, 5.41) is 22.1. The van der Waals surface area contributed by atoms with Gasteiger partial charge in [-0.2, -0.15) is 5.26 Å². The van der Waals surface area contributed by atoms with Crippen molar-refractivity contribution in [2.24, 2.45) is 4.99 Å². The number of phenolic OH excluding ortho intramolecular Hbond substituents is 1. The predicted molar refractivity (Wildman–Crippen MR) is 96.2 cm³/mol. The van der Waals surface area contributed by atoms with Crippen LogP contribution in [0.15, 0.2) is 51.9 Å². The van der Waals surface area contributed by atoms with Gasteiger partial charge >= 0.3 is 0 Å². The van der Waals surface area contributed by atoms with Crippen LogP contribution in [0.2, 0.25) is 0 Å². The van der Waals surface area contributed by atoms with Gasteiger partial charge in [0, 0.05) is 11.6 Å². The summed E-state index contributed by atoms with van der Waals surface area (Å²) >= 11 is 3.54. The van der Waals surface area contributed by atoms with Crippen LogP contribution in [0.5, 0.6) is 5.75 Å². The van der Waals surface area contributed by atoms with E-state index in [0.29, 0.717) is 23.8 Å². The third-order valence-corrected chi connectivity index (χ3v) is 4.34. The van der Waals surface area contributed by atoms with Crippen molar-refractivity contribution in [3.63, 3.8) is 0 Å². The molecule has 0 saturated heterocycles. The fourth-order valence-corrected chi connectivity index (χ4v) is 2.96. The number of rotatable bonds is 3. The van der Waals surface area contributed by atoms with Crippen LogP contribution < -0.4 is 10.2 Å². The van der Waals surface area contributed by atoms with E-state index in [1.165, 1.54) is 6.07 Å². The molecule has 6 nitrogen and oxygen atoms in total. The van der Waals surface area contributed by atoms with Gasteiger partial charge in [0.05, 0.1) is 29.6 Å². The summed E-state index contributed by atoms with van der Waals surface area (Å²) in [6.07, 6.45) is -0.244. The molecule has 0 radical (unpaired) electrons. The van der Waals surface area contributed by atoms with E-state index in [9.17, 15) is 5.11 Å². The van der Waals surface area contributed by atoms with Crippen molar-refractivity contribution in [3.8, 4) is 11.8 Å². The number of benzene rings is 2.